The van der Waals surface area contributed by atoms with Crippen molar-refractivity contribution in [1.29, 1.82) is 0 Å². The molecule has 4 aliphatic carbocycles. The summed E-state index contributed by atoms with van der Waals surface area (Å²) >= 11 is 0. The first-order valence-corrected chi connectivity index (χ1v) is 12.2. The smallest absolute Gasteiger partial charge is 0.306 e. The Bertz CT molecular complexity index is 920. The number of unbranched alkanes of at least 4 members (excludes halogenated alkanes) is 2. The van der Waals surface area contributed by atoms with Crippen LogP contribution in [0.15, 0.2) is 23.3 Å². The number of hydrogen-bond acceptors (Lipinski definition) is 7. The lowest BCUT2D eigenvalue weighted by atomic mass is 9.59. The van der Waals surface area contributed by atoms with Crippen LogP contribution in [0.3, 0.4) is 0 Å². The molecule has 8 atom stereocenters. The molecule has 4 rings (SSSR count). The second kappa shape index (κ2) is 7.74. The molecule has 0 aromatic rings. The fourth-order valence-electron chi connectivity index (χ4n) is 7.40. The van der Waals surface area contributed by atoms with Gasteiger partial charge in [-0.15, -0.1) is 0 Å². The van der Waals surface area contributed by atoms with Crippen molar-refractivity contribution in [3.8, 4) is 0 Å². The molecular formula is C26H38O7. The maximum Gasteiger partial charge on any atom is 0.306 e. The number of fused-ring (bicyclic) bond motifs is 3. The first kappa shape index (κ1) is 24.6. The van der Waals surface area contributed by atoms with Crippen molar-refractivity contribution in [2.45, 2.75) is 90.1 Å². The largest absolute Gasteiger partial charge is 0.455 e. The molecule has 33 heavy (non-hydrogen) atoms. The number of ether oxygens (including phenoxy) is 1. The highest BCUT2D eigenvalue weighted by atomic mass is 16.6. The van der Waals surface area contributed by atoms with Crippen molar-refractivity contribution in [3.63, 3.8) is 0 Å². The fraction of sp³-hybridized carbons (Fsp3) is 0.769. The molecule has 0 saturated heterocycles. The molecule has 7 heteroatoms. The van der Waals surface area contributed by atoms with E-state index in [-0.39, 0.29) is 30.1 Å². The quantitative estimate of drug-likeness (QED) is 0.271. The predicted octanol–water partition coefficient (Wildman–Crippen LogP) is 2.06. The van der Waals surface area contributed by atoms with Crippen LogP contribution in [0.5, 0.6) is 0 Å². The van der Waals surface area contributed by atoms with Gasteiger partial charge in [-0.3, -0.25) is 9.59 Å². The minimum Gasteiger partial charge on any atom is -0.455 e. The van der Waals surface area contributed by atoms with Crippen molar-refractivity contribution >= 4 is 11.8 Å². The molecule has 2 unspecified atom stereocenters. The van der Waals surface area contributed by atoms with Gasteiger partial charge < -0.3 is 25.2 Å². The summed E-state index contributed by atoms with van der Waals surface area (Å²) < 4.78 is 5.75. The number of carbonyl (C=O) groups is 2. The normalized spacial score (nSPS) is 45.2. The van der Waals surface area contributed by atoms with Gasteiger partial charge in [0.15, 0.2) is 17.5 Å². The van der Waals surface area contributed by atoms with Gasteiger partial charge in [-0.05, 0) is 36.8 Å². The molecular weight excluding hydrogens is 424 g/mol. The van der Waals surface area contributed by atoms with Crippen molar-refractivity contribution < 1.29 is 34.8 Å². The third-order valence-corrected chi connectivity index (χ3v) is 9.30. The topological polar surface area (TPSA) is 124 Å². The van der Waals surface area contributed by atoms with E-state index >= 15 is 0 Å². The Morgan fingerprint density at radius 1 is 1.24 bits per heavy atom. The molecule has 4 N–H and O–H groups in total. The van der Waals surface area contributed by atoms with Gasteiger partial charge in [0, 0.05) is 23.7 Å². The molecule has 2 saturated carbocycles. The second-order valence-electron chi connectivity index (χ2n) is 11.3. The standard InChI is InChI=1S/C26H38O7/c1-6-7-8-9-18(28)33-22-14(2)11-24-15(3)12-25(31)19(23(25,4)5)17(21(24)30)10-16(13-27)20(29)26(22,24)32/h10-11,15,17,19-20,22,27,29,31-32H,6-9,12-13H2,1-5H3/t15?,17-,19+,20+,22-,24?,25-,26-/m0/s1. The van der Waals surface area contributed by atoms with Gasteiger partial charge in [0.05, 0.1) is 17.6 Å². The SMILES string of the molecule is CCCCCC(=O)O[C@H]1C(C)=CC23C(=O)[C@@H](C=C(CO)[C@@H](O)[C@]12O)[C@@H]1C(C)(C)[C@]1(O)CC3C. The van der Waals surface area contributed by atoms with Crippen LogP contribution >= 0.6 is 0 Å². The summed E-state index contributed by atoms with van der Waals surface area (Å²) in [7, 11) is 0. The third-order valence-electron chi connectivity index (χ3n) is 9.30. The number of aliphatic hydroxyl groups is 4. The molecule has 2 bridgehead atoms. The summed E-state index contributed by atoms with van der Waals surface area (Å²) in [6, 6.07) is 0. The zero-order valence-electron chi connectivity index (χ0n) is 20.3. The lowest BCUT2D eigenvalue weighted by molar-refractivity contribution is -0.204. The maximum absolute atomic E-state index is 14.2. The Balaban J connectivity index is 1.83. The Hall–Kier alpha value is -1.54. The average Bonchev–Trinajstić information content (AvgIpc) is 3.11. The highest BCUT2D eigenvalue weighted by Crippen LogP contribution is 2.73. The number of rotatable bonds is 6. The van der Waals surface area contributed by atoms with E-state index < -0.39 is 58.7 Å². The molecule has 0 heterocycles. The van der Waals surface area contributed by atoms with Gasteiger partial charge in [-0.25, -0.2) is 0 Å². The summed E-state index contributed by atoms with van der Waals surface area (Å²) in [5.74, 6) is -2.49. The Morgan fingerprint density at radius 2 is 1.91 bits per heavy atom. The van der Waals surface area contributed by atoms with Crippen molar-refractivity contribution in [2.24, 2.45) is 28.6 Å². The van der Waals surface area contributed by atoms with Crippen molar-refractivity contribution in [2.75, 3.05) is 6.61 Å². The van der Waals surface area contributed by atoms with E-state index in [4.69, 9.17) is 4.74 Å². The summed E-state index contributed by atoms with van der Waals surface area (Å²) in [6.45, 7) is 8.82. The van der Waals surface area contributed by atoms with Crippen LogP contribution < -0.4 is 0 Å². The molecule has 0 aromatic heterocycles. The molecule has 7 nitrogen and oxygen atoms in total. The Morgan fingerprint density at radius 3 is 2.52 bits per heavy atom. The van der Waals surface area contributed by atoms with Gasteiger partial charge in [0.1, 0.15) is 6.10 Å². The van der Waals surface area contributed by atoms with Gasteiger partial charge in [0.2, 0.25) is 0 Å². The monoisotopic (exact) mass is 462 g/mol. The van der Waals surface area contributed by atoms with Crippen LogP contribution in [-0.4, -0.2) is 62.2 Å². The predicted molar refractivity (Wildman–Crippen MR) is 121 cm³/mol. The molecule has 184 valence electrons. The summed E-state index contributed by atoms with van der Waals surface area (Å²) in [6.07, 6.45) is 3.29. The van der Waals surface area contributed by atoms with E-state index in [2.05, 4.69) is 0 Å². The Labute approximate surface area is 195 Å². The highest BCUT2D eigenvalue weighted by molar-refractivity contribution is 5.95. The minimum absolute atomic E-state index is 0.118. The van der Waals surface area contributed by atoms with E-state index in [0.717, 1.165) is 12.8 Å². The number of esters is 1. The zero-order chi connectivity index (χ0) is 24.6. The number of hydrogen-bond donors (Lipinski definition) is 4. The molecule has 0 aliphatic heterocycles. The van der Waals surface area contributed by atoms with E-state index in [1.54, 1.807) is 19.9 Å². The van der Waals surface area contributed by atoms with E-state index in [0.29, 0.717) is 12.0 Å². The Kier molecular flexibility index (Phi) is 5.76. The first-order chi connectivity index (χ1) is 15.3. The van der Waals surface area contributed by atoms with E-state index in [9.17, 15) is 30.0 Å². The van der Waals surface area contributed by atoms with Crippen LogP contribution in [0.25, 0.3) is 0 Å². The fourth-order valence-corrected chi connectivity index (χ4v) is 7.40. The second-order valence-corrected chi connectivity index (χ2v) is 11.3. The van der Waals surface area contributed by atoms with Gasteiger partial charge >= 0.3 is 5.97 Å². The van der Waals surface area contributed by atoms with Crippen LogP contribution in [0.1, 0.15) is 66.7 Å². The zero-order valence-corrected chi connectivity index (χ0v) is 20.3. The van der Waals surface area contributed by atoms with Gasteiger partial charge in [-0.2, -0.15) is 0 Å². The molecule has 2 fully saturated rings. The van der Waals surface area contributed by atoms with Crippen LogP contribution in [0, 0.1) is 28.6 Å². The molecule has 1 spiro atoms. The van der Waals surface area contributed by atoms with Gasteiger partial charge in [0.25, 0.3) is 0 Å². The number of aliphatic hydroxyl groups excluding tert-OH is 2. The van der Waals surface area contributed by atoms with E-state index in [1.807, 2.05) is 20.8 Å². The molecule has 4 aliphatic rings. The van der Waals surface area contributed by atoms with Crippen LogP contribution in [0.4, 0.5) is 0 Å². The van der Waals surface area contributed by atoms with Gasteiger partial charge in [-0.1, -0.05) is 52.7 Å². The number of allylic oxidation sites excluding steroid dienone is 1. The molecule has 0 radical (unpaired) electrons. The highest BCUT2D eigenvalue weighted by Gasteiger charge is 2.81. The van der Waals surface area contributed by atoms with Crippen LogP contribution in [-0.2, 0) is 14.3 Å². The minimum atomic E-state index is -2.17. The first-order valence-electron chi connectivity index (χ1n) is 12.2. The van der Waals surface area contributed by atoms with Crippen molar-refractivity contribution in [1.82, 2.24) is 0 Å². The average molecular weight is 463 g/mol. The van der Waals surface area contributed by atoms with Crippen molar-refractivity contribution in [3.05, 3.63) is 23.3 Å². The molecule has 0 aromatic carbocycles. The lowest BCUT2D eigenvalue weighted by Gasteiger charge is -2.49. The van der Waals surface area contributed by atoms with Crippen LogP contribution in [0.2, 0.25) is 0 Å². The van der Waals surface area contributed by atoms with E-state index in [1.165, 1.54) is 6.08 Å². The lowest BCUT2D eigenvalue weighted by Crippen LogP contribution is -2.66. The number of Topliss-reactive ketones (excluding diaryl/α,β-unsaturated/α-hetero) is 1. The maximum atomic E-state index is 14.2. The summed E-state index contributed by atoms with van der Waals surface area (Å²) in [5.41, 5.74) is -4.73. The third kappa shape index (κ3) is 2.95. The summed E-state index contributed by atoms with van der Waals surface area (Å²) in [4.78, 5) is 26.9. The molecule has 0 amide bonds. The summed E-state index contributed by atoms with van der Waals surface area (Å²) in [5, 5.41) is 45.3. The number of carbonyl (C=O) groups excluding carboxylic acids is 2. The number of ketones is 1.